The second-order valence-corrected chi connectivity index (χ2v) is 4.63. The second-order valence-electron chi connectivity index (χ2n) is 4.63. The Morgan fingerprint density at radius 2 is 1.63 bits per heavy atom. The summed E-state index contributed by atoms with van der Waals surface area (Å²) in [5.41, 5.74) is 11.4. The van der Waals surface area contributed by atoms with E-state index in [2.05, 4.69) is 48.1 Å². The molecule has 19 heavy (non-hydrogen) atoms. The third-order valence-corrected chi connectivity index (χ3v) is 3.22. The number of rotatable bonds is 5. The van der Waals surface area contributed by atoms with Crippen LogP contribution in [0.5, 0.6) is 0 Å². The van der Waals surface area contributed by atoms with Crippen molar-refractivity contribution in [3.05, 3.63) is 59.7 Å². The van der Waals surface area contributed by atoms with Crippen LogP contribution in [0.2, 0.25) is 0 Å². The molecule has 0 fully saturated rings. The molecule has 98 valence electrons. The van der Waals surface area contributed by atoms with Gasteiger partial charge < -0.3 is 4.90 Å². The van der Waals surface area contributed by atoms with Crippen molar-refractivity contribution in [2.45, 2.75) is 20.4 Å². The molecule has 2 aromatic carbocycles. The molecule has 1 N–H and O–H groups in total. The Labute approximate surface area is 114 Å². The number of hydrogen-bond donors (Lipinski definition) is 1. The molecule has 0 saturated carbocycles. The summed E-state index contributed by atoms with van der Waals surface area (Å²) >= 11 is 0. The number of nitrogens with one attached hydrogen (secondary N) is 1. The van der Waals surface area contributed by atoms with Crippen molar-refractivity contribution in [2.24, 2.45) is 5.11 Å². The van der Waals surface area contributed by atoms with Crippen molar-refractivity contribution in [3.63, 3.8) is 0 Å². The van der Waals surface area contributed by atoms with Crippen LogP contribution in [0.25, 0.3) is 0 Å². The van der Waals surface area contributed by atoms with Crippen LogP contribution in [0, 0.1) is 12.5 Å². The highest BCUT2D eigenvalue weighted by Gasteiger charge is 2.05. The molecule has 0 aliphatic heterocycles. The number of anilines is 1. The van der Waals surface area contributed by atoms with Gasteiger partial charge in [-0.3, -0.25) is 0 Å². The summed E-state index contributed by atoms with van der Waals surface area (Å²) in [5, 5.41) is 3.42. The molecule has 0 radical (unpaired) electrons. The van der Waals surface area contributed by atoms with Crippen LogP contribution in [0.3, 0.4) is 0 Å². The number of benzene rings is 2. The summed E-state index contributed by atoms with van der Waals surface area (Å²) in [6, 6.07) is 16.4. The van der Waals surface area contributed by atoms with Crippen LogP contribution in [0.4, 0.5) is 11.4 Å². The van der Waals surface area contributed by atoms with Gasteiger partial charge >= 0.3 is 0 Å². The third kappa shape index (κ3) is 3.41. The van der Waals surface area contributed by atoms with Crippen molar-refractivity contribution < 1.29 is 0 Å². The van der Waals surface area contributed by atoms with Gasteiger partial charge in [-0.25, -0.2) is 5.53 Å². The Hall–Kier alpha value is -2.16. The van der Waals surface area contributed by atoms with Gasteiger partial charge in [0.2, 0.25) is 0 Å². The summed E-state index contributed by atoms with van der Waals surface area (Å²) in [6.07, 6.45) is 0. The van der Waals surface area contributed by atoms with Crippen LogP contribution in [-0.4, -0.2) is 6.54 Å². The number of hydrogen-bond acceptors (Lipinski definition) is 3. The van der Waals surface area contributed by atoms with E-state index in [0.717, 1.165) is 18.8 Å². The fourth-order valence-corrected chi connectivity index (χ4v) is 2.04. The van der Waals surface area contributed by atoms with Crippen LogP contribution < -0.4 is 4.90 Å². The minimum absolute atomic E-state index is 0.690. The number of nitrogens with zero attached hydrogens (tertiary/aromatic N) is 2. The van der Waals surface area contributed by atoms with Gasteiger partial charge in [-0.05, 0) is 43.7 Å². The second kappa shape index (κ2) is 6.14. The zero-order valence-electron chi connectivity index (χ0n) is 11.4. The van der Waals surface area contributed by atoms with Crippen molar-refractivity contribution >= 4 is 11.4 Å². The average Bonchev–Trinajstić information content (AvgIpc) is 2.47. The first-order valence-electron chi connectivity index (χ1n) is 6.51. The highest BCUT2D eigenvalue weighted by atomic mass is 15.1. The molecule has 2 aromatic rings. The van der Waals surface area contributed by atoms with E-state index in [4.69, 9.17) is 5.53 Å². The van der Waals surface area contributed by atoms with Crippen LogP contribution >= 0.6 is 0 Å². The van der Waals surface area contributed by atoms with Gasteiger partial charge in [-0.15, -0.1) is 0 Å². The molecule has 0 aliphatic rings. The first kappa shape index (κ1) is 13.3. The molecule has 0 aliphatic carbocycles. The normalized spacial score (nSPS) is 10.2. The Kier molecular flexibility index (Phi) is 4.29. The molecule has 0 aromatic heterocycles. The van der Waals surface area contributed by atoms with Gasteiger partial charge in [0, 0.05) is 18.8 Å². The van der Waals surface area contributed by atoms with Crippen molar-refractivity contribution in [1.82, 2.24) is 0 Å². The first-order valence-corrected chi connectivity index (χ1v) is 6.51. The van der Waals surface area contributed by atoms with Crippen LogP contribution in [0.1, 0.15) is 18.1 Å². The van der Waals surface area contributed by atoms with E-state index >= 15 is 0 Å². The molecule has 0 bridgehead atoms. The van der Waals surface area contributed by atoms with Crippen LogP contribution in [0.15, 0.2) is 53.6 Å². The molecule has 3 heteroatoms. The maximum atomic E-state index is 6.98. The molecule has 3 nitrogen and oxygen atoms in total. The Balaban J connectivity index is 2.14. The minimum Gasteiger partial charge on any atom is -0.367 e. The predicted octanol–water partition coefficient (Wildman–Crippen LogP) is 4.68. The maximum Gasteiger partial charge on any atom is 0.0851 e. The average molecular weight is 253 g/mol. The molecular weight excluding hydrogens is 234 g/mol. The molecule has 0 unspecified atom stereocenters. The standard InChI is InChI=1S/C16H19N3/c1-3-19(12-14-6-4-13(2)5-7-14)16-10-8-15(18-17)9-11-16/h4-11,17H,3,12H2,1-2H3. The minimum atomic E-state index is 0.690. The predicted molar refractivity (Wildman–Crippen MR) is 79.2 cm³/mol. The topological polar surface area (TPSA) is 39.5 Å². The Morgan fingerprint density at radius 1 is 1.00 bits per heavy atom. The molecule has 0 spiro atoms. The zero-order chi connectivity index (χ0) is 13.7. The lowest BCUT2D eigenvalue weighted by molar-refractivity contribution is 0.831. The highest BCUT2D eigenvalue weighted by molar-refractivity contribution is 5.52. The van der Waals surface area contributed by atoms with Gasteiger partial charge in [-0.1, -0.05) is 29.8 Å². The summed E-state index contributed by atoms with van der Waals surface area (Å²) in [4.78, 5) is 2.30. The maximum absolute atomic E-state index is 6.98. The smallest absolute Gasteiger partial charge is 0.0851 e. The van der Waals surface area contributed by atoms with E-state index in [1.165, 1.54) is 11.1 Å². The quantitative estimate of drug-likeness (QED) is 0.772. The van der Waals surface area contributed by atoms with E-state index < -0.39 is 0 Å². The lowest BCUT2D eigenvalue weighted by Crippen LogP contribution is -2.21. The van der Waals surface area contributed by atoms with E-state index in [-0.39, 0.29) is 0 Å². The molecule has 0 amide bonds. The van der Waals surface area contributed by atoms with E-state index in [1.807, 2.05) is 24.3 Å². The van der Waals surface area contributed by atoms with Gasteiger partial charge in [0.1, 0.15) is 0 Å². The lowest BCUT2D eigenvalue weighted by Gasteiger charge is -2.23. The summed E-state index contributed by atoms with van der Waals surface area (Å²) < 4.78 is 0. The third-order valence-electron chi connectivity index (χ3n) is 3.22. The Morgan fingerprint density at radius 3 is 2.16 bits per heavy atom. The highest BCUT2D eigenvalue weighted by Crippen LogP contribution is 2.21. The molecular formula is C16H19N3. The SMILES string of the molecule is CCN(Cc1ccc(C)cc1)c1ccc(N=N)cc1. The van der Waals surface area contributed by atoms with Crippen molar-refractivity contribution in [3.8, 4) is 0 Å². The van der Waals surface area contributed by atoms with E-state index in [0.29, 0.717) is 5.69 Å². The molecule has 0 heterocycles. The Bertz CT molecular complexity index is 529. The molecule has 0 atom stereocenters. The number of aryl methyl sites for hydroxylation is 1. The summed E-state index contributed by atoms with van der Waals surface area (Å²) in [7, 11) is 0. The molecule has 0 saturated heterocycles. The lowest BCUT2D eigenvalue weighted by atomic mass is 10.1. The van der Waals surface area contributed by atoms with Gasteiger partial charge in [0.25, 0.3) is 0 Å². The summed E-state index contributed by atoms with van der Waals surface area (Å²) in [6.45, 7) is 6.10. The van der Waals surface area contributed by atoms with Crippen LogP contribution in [-0.2, 0) is 6.54 Å². The van der Waals surface area contributed by atoms with Crippen molar-refractivity contribution in [2.75, 3.05) is 11.4 Å². The fraction of sp³-hybridized carbons (Fsp3) is 0.250. The van der Waals surface area contributed by atoms with E-state index in [1.54, 1.807) is 0 Å². The fourth-order valence-electron chi connectivity index (χ4n) is 2.04. The van der Waals surface area contributed by atoms with E-state index in [9.17, 15) is 0 Å². The largest absolute Gasteiger partial charge is 0.367 e. The summed E-state index contributed by atoms with van der Waals surface area (Å²) in [5.74, 6) is 0. The van der Waals surface area contributed by atoms with Gasteiger partial charge in [0.05, 0.1) is 5.69 Å². The first-order chi connectivity index (χ1) is 9.22. The van der Waals surface area contributed by atoms with Crippen molar-refractivity contribution in [1.29, 1.82) is 5.53 Å². The van der Waals surface area contributed by atoms with Gasteiger partial charge in [0.15, 0.2) is 0 Å². The zero-order valence-corrected chi connectivity index (χ0v) is 11.4. The van der Waals surface area contributed by atoms with Gasteiger partial charge in [-0.2, -0.15) is 5.11 Å². The molecule has 2 rings (SSSR count). The monoisotopic (exact) mass is 253 g/mol.